The molecule has 4 rings (SSSR count). The van der Waals surface area contributed by atoms with Gasteiger partial charge in [0.05, 0.1) is 12.6 Å². The van der Waals surface area contributed by atoms with E-state index >= 15 is 0 Å². The standard InChI is InChI=1S/C26H36N4O4.C8H17N.C4H10/c1-17(2)23(29(4)24(32)15-27-16-31)13-18(3)26(34)30-12-6-9-22(30)25(33)28-21-11-10-19-7-5-8-20(19)14-21;1-8(2)9-6-4-3-5-7-9;1-4(2)3/h10-11,13-14,16-17,22-23H,5-9,12,15H2,1-4H3,(H,27,31)(H,28,33);8H,3-7H2,1-2H3;4H,1-3H3/b18-13+;;/t22-,23+;;/m0../s1. The molecule has 1 aromatic carbocycles. The number of aryl methyl sites for hydroxylation is 2. The Labute approximate surface area is 284 Å². The van der Waals surface area contributed by atoms with Crippen molar-refractivity contribution in [2.24, 2.45) is 11.8 Å². The molecular formula is C38H63N5O4. The molecule has 0 saturated carbocycles. The second-order valence-corrected chi connectivity index (χ2v) is 14.5. The number of benzene rings is 1. The number of likely N-dealkylation sites (tertiary alicyclic amines) is 2. The van der Waals surface area contributed by atoms with Crippen molar-refractivity contribution in [2.75, 3.05) is 38.5 Å². The van der Waals surface area contributed by atoms with Gasteiger partial charge in [0.2, 0.25) is 24.1 Å². The van der Waals surface area contributed by atoms with Crippen molar-refractivity contribution in [2.45, 2.75) is 125 Å². The van der Waals surface area contributed by atoms with Gasteiger partial charge in [0.25, 0.3) is 0 Å². The lowest BCUT2D eigenvalue weighted by Crippen LogP contribution is -2.45. The van der Waals surface area contributed by atoms with Gasteiger partial charge >= 0.3 is 0 Å². The molecule has 0 bridgehead atoms. The summed E-state index contributed by atoms with van der Waals surface area (Å²) in [6, 6.07) is 6.01. The fourth-order valence-corrected chi connectivity index (χ4v) is 6.32. The summed E-state index contributed by atoms with van der Waals surface area (Å²) in [5.74, 6) is 0.300. The van der Waals surface area contributed by atoms with Gasteiger partial charge in [-0.25, -0.2) is 0 Å². The first-order valence-electron chi connectivity index (χ1n) is 17.9. The normalized spacial score (nSPS) is 18.5. The molecule has 2 N–H and O–H groups in total. The first kappa shape index (κ1) is 40.0. The topological polar surface area (TPSA) is 102 Å². The Kier molecular flexibility index (Phi) is 17.2. The molecule has 3 aliphatic rings. The molecule has 47 heavy (non-hydrogen) atoms. The average molecular weight is 654 g/mol. The molecule has 1 aliphatic carbocycles. The van der Waals surface area contributed by atoms with Crippen molar-refractivity contribution in [3.8, 4) is 0 Å². The summed E-state index contributed by atoms with van der Waals surface area (Å²) in [5.41, 5.74) is 3.92. The van der Waals surface area contributed by atoms with Crippen LogP contribution in [0, 0.1) is 11.8 Å². The van der Waals surface area contributed by atoms with Gasteiger partial charge in [0, 0.05) is 30.9 Å². The van der Waals surface area contributed by atoms with E-state index in [4.69, 9.17) is 0 Å². The summed E-state index contributed by atoms with van der Waals surface area (Å²) in [5, 5.41) is 5.39. The maximum absolute atomic E-state index is 13.3. The molecule has 264 valence electrons. The zero-order chi connectivity index (χ0) is 35.1. The van der Waals surface area contributed by atoms with Gasteiger partial charge < -0.3 is 25.3 Å². The third-order valence-electron chi connectivity index (χ3n) is 8.92. The van der Waals surface area contributed by atoms with Crippen LogP contribution < -0.4 is 10.6 Å². The molecule has 0 radical (unpaired) electrons. The Morgan fingerprint density at radius 3 is 2.13 bits per heavy atom. The van der Waals surface area contributed by atoms with E-state index in [1.807, 2.05) is 26.0 Å². The van der Waals surface area contributed by atoms with Crippen molar-refractivity contribution >= 4 is 29.8 Å². The van der Waals surface area contributed by atoms with Crippen LogP contribution in [0.5, 0.6) is 0 Å². The first-order valence-corrected chi connectivity index (χ1v) is 17.9. The summed E-state index contributed by atoms with van der Waals surface area (Å²) in [7, 11) is 1.66. The summed E-state index contributed by atoms with van der Waals surface area (Å²) in [4.78, 5) is 55.0. The zero-order valence-electron chi connectivity index (χ0n) is 30.7. The van der Waals surface area contributed by atoms with Gasteiger partial charge in [-0.15, -0.1) is 0 Å². The van der Waals surface area contributed by atoms with Crippen molar-refractivity contribution in [1.29, 1.82) is 0 Å². The molecule has 9 heteroatoms. The van der Waals surface area contributed by atoms with Gasteiger partial charge in [-0.3, -0.25) is 19.2 Å². The Morgan fingerprint density at radius 1 is 0.915 bits per heavy atom. The molecule has 0 spiro atoms. The highest BCUT2D eigenvalue weighted by molar-refractivity contribution is 6.01. The lowest BCUT2D eigenvalue weighted by Gasteiger charge is -2.30. The van der Waals surface area contributed by atoms with Crippen molar-refractivity contribution < 1.29 is 19.2 Å². The summed E-state index contributed by atoms with van der Waals surface area (Å²) >= 11 is 0. The minimum atomic E-state index is -0.516. The van der Waals surface area contributed by atoms with Crippen molar-refractivity contribution in [3.05, 3.63) is 41.0 Å². The van der Waals surface area contributed by atoms with Crippen LogP contribution in [0.1, 0.15) is 105 Å². The quantitative estimate of drug-likeness (QED) is 0.245. The molecule has 0 aromatic heterocycles. The minimum Gasteiger partial charge on any atom is -0.350 e. The minimum absolute atomic E-state index is 0.0606. The number of nitrogens with one attached hydrogen (secondary N) is 2. The monoisotopic (exact) mass is 653 g/mol. The molecule has 1 aromatic rings. The second kappa shape index (κ2) is 20.2. The Hall–Kier alpha value is -3.20. The second-order valence-electron chi connectivity index (χ2n) is 14.5. The van der Waals surface area contributed by atoms with E-state index in [-0.39, 0.29) is 36.2 Å². The maximum atomic E-state index is 13.3. The van der Waals surface area contributed by atoms with Gasteiger partial charge in [-0.05, 0) is 114 Å². The van der Waals surface area contributed by atoms with E-state index in [9.17, 15) is 19.2 Å². The SMILES string of the molecule is C/C(=C\[C@H](C(C)C)N(C)C(=O)CNC=O)C(=O)N1CCC[C@H]1C(=O)Nc1ccc2c(c1)CCC2.CC(C)C.CC(C)N1CCCCC1. The van der Waals surface area contributed by atoms with Gasteiger partial charge in [-0.1, -0.05) is 53.2 Å². The molecule has 2 aliphatic heterocycles. The smallest absolute Gasteiger partial charge is 0.249 e. The summed E-state index contributed by atoms with van der Waals surface area (Å²) < 4.78 is 0. The summed E-state index contributed by atoms with van der Waals surface area (Å²) in [6.45, 7) is 19.8. The van der Waals surface area contributed by atoms with Crippen molar-refractivity contribution in [3.63, 3.8) is 0 Å². The van der Waals surface area contributed by atoms with E-state index in [1.165, 1.54) is 43.5 Å². The highest BCUT2D eigenvalue weighted by atomic mass is 16.2. The van der Waals surface area contributed by atoms with E-state index in [0.29, 0.717) is 24.9 Å². The van der Waals surface area contributed by atoms with Crippen LogP contribution in [0.25, 0.3) is 0 Å². The zero-order valence-corrected chi connectivity index (χ0v) is 30.7. The molecule has 9 nitrogen and oxygen atoms in total. The van der Waals surface area contributed by atoms with Crippen LogP contribution >= 0.6 is 0 Å². The molecule has 2 heterocycles. The van der Waals surface area contributed by atoms with Gasteiger partial charge in [0.15, 0.2) is 0 Å². The fraction of sp³-hybridized carbons (Fsp3) is 0.684. The van der Waals surface area contributed by atoms with Crippen LogP contribution in [0.2, 0.25) is 0 Å². The highest BCUT2D eigenvalue weighted by Crippen LogP contribution is 2.27. The lowest BCUT2D eigenvalue weighted by molar-refractivity contribution is -0.133. The number of fused-ring (bicyclic) bond motifs is 1. The third kappa shape index (κ3) is 13.1. The van der Waals surface area contributed by atoms with Crippen LogP contribution in [-0.2, 0) is 32.0 Å². The molecule has 2 saturated heterocycles. The first-order chi connectivity index (χ1) is 22.3. The Balaban J connectivity index is 0.000000492. The number of hydrogen-bond donors (Lipinski definition) is 2. The number of rotatable bonds is 10. The molecule has 4 amide bonds. The number of piperidine rings is 1. The third-order valence-corrected chi connectivity index (χ3v) is 8.92. The molecule has 0 unspecified atom stereocenters. The molecule has 2 atom stereocenters. The van der Waals surface area contributed by atoms with E-state index in [1.54, 1.807) is 29.8 Å². The van der Waals surface area contributed by atoms with E-state index in [0.717, 1.165) is 43.3 Å². The average Bonchev–Trinajstić information content (AvgIpc) is 3.72. The van der Waals surface area contributed by atoms with Crippen LogP contribution in [0.3, 0.4) is 0 Å². The number of anilines is 1. The number of carbonyl (C=O) groups excluding carboxylic acids is 4. The predicted octanol–water partition coefficient (Wildman–Crippen LogP) is 5.82. The largest absolute Gasteiger partial charge is 0.350 e. The van der Waals surface area contributed by atoms with Gasteiger partial charge in [0.1, 0.15) is 6.04 Å². The number of hydrogen-bond acceptors (Lipinski definition) is 5. The predicted molar refractivity (Wildman–Crippen MR) is 192 cm³/mol. The molecule has 2 fully saturated rings. The lowest BCUT2D eigenvalue weighted by atomic mass is 9.99. The Morgan fingerprint density at radius 2 is 1.55 bits per heavy atom. The summed E-state index contributed by atoms with van der Waals surface area (Å²) in [6.07, 6.45) is 11.2. The Bertz CT molecular complexity index is 1190. The van der Waals surface area contributed by atoms with Crippen LogP contribution in [0.4, 0.5) is 5.69 Å². The van der Waals surface area contributed by atoms with E-state index in [2.05, 4.69) is 56.2 Å². The number of likely N-dealkylation sites (N-methyl/N-ethyl adjacent to an activating group) is 1. The van der Waals surface area contributed by atoms with Gasteiger partial charge in [-0.2, -0.15) is 0 Å². The number of carbonyl (C=O) groups is 4. The highest BCUT2D eigenvalue weighted by Gasteiger charge is 2.35. The fourth-order valence-electron chi connectivity index (χ4n) is 6.32. The van der Waals surface area contributed by atoms with Crippen LogP contribution in [-0.4, -0.2) is 90.2 Å². The van der Waals surface area contributed by atoms with E-state index < -0.39 is 6.04 Å². The van der Waals surface area contributed by atoms with Crippen molar-refractivity contribution in [1.82, 2.24) is 20.0 Å². The maximum Gasteiger partial charge on any atom is 0.249 e. The molecular weight excluding hydrogens is 590 g/mol. The number of amides is 4. The van der Waals surface area contributed by atoms with Crippen LogP contribution in [0.15, 0.2) is 29.8 Å². The number of nitrogens with zero attached hydrogens (tertiary/aromatic N) is 3.